The van der Waals surface area contributed by atoms with Gasteiger partial charge in [0.1, 0.15) is 0 Å². The van der Waals surface area contributed by atoms with Crippen molar-refractivity contribution in [3.63, 3.8) is 0 Å². The Hall–Kier alpha value is -1.36. The van der Waals surface area contributed by atoms with Crippen LogP contribution >= 0.6 is 0 Å². The van der Waals surface area contributed by atoms with E-state index in [4.69, 9.17) is 5.73 Å². The SMILES string of the molecule is Nc1nc([C@@H]2CCCNC2)cc(=O)[nH]1. The maximum absolute atomic E-state index is 11.2. The van der Waals surface area contributed by atoms with Crippen molar-refractivity contribution in [1.29, 1.82) is 0 Å². The Morgan fingerprint density at radius 2 is 2.43 bits per heavy atom. The quantitative estimate of drug-likeness (QED) is 0.579. The summed E-state index contributed by atoms with van der Waals surface area (Å²) in [6.45, 7) is 1.94. The van der Waals surface area contributed by atoms with Gasteiger partial charge >= 0.3 is 0 Å². The van der Waals surface area contributed by atoms with E-state index in [9.17, 15) is 4.79 Å². The molecule has 1 aliphatic rings. The van der Waals surface area contributed by atoms with Gasteiger partial charge in [-0.25, -0.2) is 4.98 Å². The molecule has 76 valence electrons. The minimum Gasteiger partial charge on any atom is -0.369 e. The van der Waals surface area contributed by atoms with Crippen LogP contribution in [0.4, 0.5) is 5.95 Å². The Kier molecular flexibility index (Phi) is 2.49. The summed E-state index contributed by atoms with van der Waals surface area (Å²) in [6, 6.07) is 1.54. The minimum absolute atomic E-state index is 0.168. The Morgan fingerprint density at radius 1 is 1.57 bits per heavy atom. The lowest BCUT2D eigenvalue weighted by molar-refractivity contribution is 0.454. The molecule has 1 fully saturated rings. The van der Waals surface area contributed by atoms with E-state index in [1.807, 2.05) is 0 Å². The zero-order valence-corrected chi connectivity index (χ0v) is 7.92. The lowest BCUT2D eigenvalue weighted by Crippen LogP contribution is -2.29. The summed E-state index contributed by atoms with van der Waals surface area (Å²) in [5.74, 6) is 0.534. The first-order valence-corrected chi connectivity index (χ1v) is 4.83. The van der Waals surface area contributed by atoms with Crippen LogP contribution in [-0.4, -0.2) is 23.1 Å². The van der Waals surface area contributed by atoms with Gasteiger partial charge in [-0.3, -0.25) is 9.78 Å². The first-order valence-electron chi connectivity index (χ1n) is 4.83. The molecule has 0 spiro atoms. The number of H-pyrrole nitrogens is 1. The predicted octanol–water partition coefficient (Wildman–Crippen LogP) is -0.181. The second kappa shape index (κ2) is 3.79. The second-order valence-electron chi connectivity index (χ2n) is 3.60. The number of piperidine rings is 1. The molecule has 0 bridgehead atoms. The van der Waals surface area contributed by atoms with Crippen LogP contribution in [0.1, 0.15) is 24.5 Å². The number of aromatic amines is 1. The molecule has 0 saturated carbocycles. The molecule has 5 nitrogen and oxygen atoms in total. The maximum Gasteiger partial charge on any atom is 0.252 e. The van der Waals surface area contributed by atoms with Crippen LogP contribution in [0.2, 0.25) is 0 Å². The fraction of sp³-hybridized carbons (Fsp3) is 0.556. The van der Waals surface area contributed by atoms with Crippen LogP contribution < -0.4 is 16.6 Å². The van der Waals surface area contributed by atoms with E-state index < -0.39 is 0 Å². The normalized spacial score (nSPS) is 22.1. The molecule has 0 unspecified atom stereocenters. The van der Waals surface area contributed by atoms with Crippen molar-refractivity contribution in [2.24, 2.45) is 0 Å². The van der Waals surface area contributed by atoms with Crippen LogP contribution in [0.25, 0.3) is 0 Å². The number of hydrogen-bond donors (Lipinski definition) is 3. The molecule has 1 aromatic heterocycles. The third-order valence-electron chi connectivity index (χ3n) is 2.49. The first kappa shape index (κ1) is 9.21. The molecule has 1 aromatic rings. The van der Waals surface area contributed by atoms with Gasteiger partial charge < -0.3 is 11.1 Å². The van der Waals surface area contributed by atoms with E-state index in [2.05, 4.69) is 15.3 Å². The number of rotatable bonds is 1. The number of nitrogens with two attached hydrogens (primary N) is 1. The Morgan fingerprint density at radius 3 is 3.07 bits per heavy atom. The fourth-order valence-corrected chi connectivity index (χ4v) is 1.81. The highest BCUT2D eigenvalue weighted by Crippen LogP contribution is 2.20. The van der Waals surface area contributed by atoms with Crippen LogP contribution in [-0.2, 0) is 0 Å². The lowest BCUT2D eigenvalue weighted by Gasteiger charge is -2.21. The van der Waals surface area contributed by atoms with E-state index in [1.54, 1.807) is 0 Å². The number of nitrogens with zero attached hydrogens (tertiary/aromatic N) is 1. The number of nitrogen functional groups attached to an aromatic ring is 1. The van der Waals surface area contributed by atoms with Gasteiger partial charge in [-0.2, -0.15) is 0 Å². The summed E-state index contributed by atoms with van der Waals surface area (Å²) in [7, 11) is 0. The number of aromatic nitrogens is 2. The molecule has 1 atom stereocenters. The van der Waals surface area contributed by atoms with Crippen LogP contribution in [0.5, 0.6) is 0 Å². The molecule has 0 aromatic carbocycles. The van der Waals surface area contributed by atoms with Gasteiger partial charge in [0.2, 0.25) is 5.95 Å². The Labute approximate surface area is 81.7 Å². The molecule has 5 heteroatoms. The predicted molar refractivity (Wildman–Crippen MR) is 54.1 cm³/mol. The van der Waals surface area contributed by atoms with Crippen molar-refractivity contribution in [3.8, 4) is 0 Å². The van der Waals surface area contributed by atoms with Crippen LogP contribution in [0, 0.1) is 0 Å². The summed E-state index contributed by atoms with van der Waals surface area (Å²) in [6.07, 6.45) is 2.20. The highest BCUT2D eigenvalue weighted by Gasteiger charge is 2.16. The van der Waals surface area contributed by atoms with Crippen molar-refractivity contribution in [1.82, 2.24) is 15.3 Å². The van der Waals surface area contributed by atoms with Crippen molar-refractivity contribution < 1.29 is 0 Å². The van der Waals surface area contributed by atoms with E-state index in [0.717, 1.165) is 31.6 Å². The standard InChI is InChI=1S/C9H14N4O/c10-9-12-7(4-8(14)13-9)6-2-1-3-11-5-6/h4,6,11H,1-3,5H2,(H3,10,12,13,14)/t6-/m1/s1. The molecule has 14 heavy (non-hydrogen) atoms. The van der Waals surface area contributed by atoms with Gasteiger partial charge in [-0.15, -0.1) is 0 Å². The fourth-order valence-electron chi connectivity index (χ4n) is 1.81. The topological polar surface area (TPSA) is 83.8 Å². The van der Waals surface area contributed by atoms with Gasteiger partial charge in [0.15, 0.2) is 0 Å². The van der Waals surface area contributed by atoms with E-state index in [1.165, 1.54) is 6.07 Å². The van der Waals surface area contributed by atoms with Crippen molar-refractivity contribution in [2.45, 2.75) is 18.8 Å². The van der Waals surface area contributed by atoms with E-state index in [-0.39, 0.29) is 11.5 Å². The van der Waals surface area contributed by atoms with Gasteiger partial charge in [0.05, 0.1) is 5.69 Å². The van der Waals surface area contributed by atoms with Gasteiger partial charge in [-0.05, 0) is 19.4 Å². The number of nitrogens with one attached hydrogen (secondary N) is 2. The number of anilines is 1. The summed E-state index contributed by atoms with van der Waals surface area (Å²) in [5, 5.41) is 3.28. The van der Waals surface area contributed by atoms with Gasteiger partial charge in [0.25, 0.3) is 5.56 Å². The Bertz CT molecular complexity index is 367. The minimum atomic E-state index is -0.168. The molecule has 2 rings (SSSR count). The maximum atomic E-state index is 11.2. The summed E-state index contributed by atoms with van der Waals surface area (Å²) >= 11 is 0. The van der Waals surface area contributed by atoms with E-state index >= 15 is 0 Å². The average molecular weight is 194 g/mol. The van der Waals surface area contributed by atoms with Crippen molar-refractivity contribution in [3.05, 3.63) is 22.1 Å². The number of hydrogen-bond acceptors (Lipinski definition) is 4. The zero-order valence-electron chi connectivity index (χ0n) is 7.92. The van der Waals surface area contributed by atoms with Gasteiger partial charge in [-0.1, -0.05) is 0 Å². The second-order valence-corrected chi connectivity index (χ2v) is 3.60. The highest BCUT2D eigenvalue weighted by atomic mass is 16.1. The zero-order chi connectivity index (χ0) is 9.97. The van der Waals surface area contributed by atoms with Gasteiger partial charge in [0, 0.05) is 18.5 Å². The first-order chi connectivity index (χ1) is 6.75. The smallest absolute Gasteiger partial charge is 0.252 e. The molecule has 1 saturated heterocycles. The molecule has 4 N–H and O–H groups in total. The molecule has 0 aliphatic carbocycles. The Balaban J connectivity index is 2.26. The third-order valence-corrected chi connectivity index (χ3v) is 2.49. The molecule has 1 aliphatic heterocycles. The molecule has 2 heterocycles. The lowest BCUT2D eigenvalue weighted by atomic mass is 9.96. The summed E-state index contributed by atoms with van der Waals surface area (Å²) in [4.78, 5) is 17.7. The molecular formula is C9H14N4O. The largest absolute Gasteiger partial charge is 0.369 e. The van der Waals surface area contributed by atoms with Crippen molar-refractivity contribution in [2.75, 3.05) is 18.8 Å². The monoisotopic (exact) mass is 194 g/mol. The molecular weight excluding hydrogens is 180 g/mol. The summed E-state index contributed by atoms with van der Waals surface area (Å²) < 4.78 is 0. The third kappa shape index (κ3) is 1.93. The summed E-state index contributed by atoms with van der Waals surface area (Å²) in [5.41, 5.74) is 6.11. The van der Waals surface area contributed by atoms with E-state index in [0.29, 0.717) is 5.92 Å². The van der Waals surface area contributed by atoms with Crippen LogP contribution in [0.3, 0.4) is 0 Å². The molecule has 0 radical (unpaired) electrons. The van der Waals surface area contributed by atoms with Crippen LogP contribution in [0.15, 0.2) is 10.9 Å². The van der Waals surface area contributed by atoms with Crippen molar-refractivity contribution >= 4 is 5.95 Å². The molecule has 0 amide bonds. The highest BCUT2D eigenvalue weighted by molar-refractivity contribution is 5.20. The average Bonchev–Trinajstić information content (AvgIpc) is 2.18.